The fourth-order valence-electron chi connectivity index (χ4n) is 12.8. The van der Waals surface area contributed by atoms with Crippen LogP contribution in [0.25, 0.3) is 0 Å². The highest BCUT2D eigenvalue weighted by molar-refractivity contribution is 5.96. The van der Waals surface area contributed by atoms with Gasteiger partial charge in [0.2, 0.25) is 0 Å². The minimum Gasteiger partial charge on any atom is -0.460 e. The monoisotopic (exact) mass is 715 g/mol. The normalized spacial score (nSPS) is 40.9. The van der Waals surface area contributed by atoms with Crippen LogP contribution >= 0.6 is 0 Å². The molecule has 5 aliphatic carbocycles. The summed E-state index contributed by atoms with van der Waals surface area (Å²) < 4.78 is 17.1. The Hall–Kier alpha value is -3.00. The summed E-state index contributed by atoms with van der Waals surface area (Å²) in [5, 5.41) is 0. The van der Waals surface area contributed by atoms with Gasteiger partial charge in [0.15, 0.2) is 12.4 Å². The second kappa shape index (κ2) is 13.1. The van der Waals surface area contributed by atoms with Crippen LogP contribution in [0.3, 0.4) is 0 Å². The zero-order valence-electron chi connectivity index (χ0n) is 32.7. The van der Waals surface area contributed by atoms with Crippen molar-refractivity contribution >= 4 is 23.6 Å². The van der Waals surface area contributed by atoms with Crippen LogP contribution in [0, 0.1) is 56.2 Å². The maximum atomic E-state index is 14.9. The molecule has 9 atom stereocenters. The molecule has 4 saturated carbocycles. The standard InChI is InChI=1S/C44H61NO7/c1-39(2)30(37(48)51-28-35(47)45-21-23-50-24-22-45)13-15-42(5)34(39)14-16-44(7)36(42)33(46)25-31-32-26-41(4,18-17-40(32,3)19-20-43(31,44)6)38(49)52-27-29-11-9-8-10-12-29/h8-12,25,30,32,34,36H,13-24,26-28H2,1-7H3/t30-,32+,34+,36-,40-,41+,42+,43-,44-/m1/s1. The molecule has 5 fully saturated rings. The van der Waals surface area contributed by atoms with Crippen LogP contribution in [0.1, 0.15) is 112 Å². The molecule has 8 nitrogen and oxygen atoms in total. The number of ketones is 1. The topological polar surface area (TPSA) is 99.2 Å². The number of nitrogens with zero attached hydrogens (tertiary/aromatic N) is 1. The van der Waals surface area contributed by atoms with Crippen LogP contribution in [0.5, 0.6) is 0 Å². The van der Waals surface area contributed by atoms with Crippen molar-refractivity contribution in [1.29, 1.82) is 0 Å². The molecule has 1 saturated heterocycles. The molecule has 1 amide bonds. The zero-order chi connectivity index (χ0) is 37.3. The van der Waals surface area contributed by atoms with Gasteiger partial charge in [-0.15, -0.1) is 0 Å². The van der Waals surface area contributed by atoms with Crippen LogP contribution < -0.4 is 0 Å². The molecule has 1 aliphatic heterocycles. The molecule has 1 heterocycles. The van der Waals surface area contributed by atoms with Crippen molar-refractivity contribution in [3.8, 4) is 0 Å². The van der Waals surface area contributed by atoms with Gasteiger partial charge in [-0.3, -0.25) is 19.2 Å². The second-order valence-corrected chi connectivity index (χ2v) is 19.3. The number of benzene rings is 1. The Morgan fingerprint density at radius 3 is 2.25 bits per heavy atom. The highest BCUT2D eigenvalue weighted by Crippen LogP contribution is 2.75. The third kappa shape index (κ3) is 5.80. The van der Waals surface area contributed by atoms with E-state index in [1.807, 2.05) is 36.4 Å². The summed E-state index contributed by atoms with van der Waals surface area (Å²) in [6.45, 7) is 18.1. The fraction of sp³-hybridized carbons (Fsp3) is 0.727. The summed E-state index contributed by atoms with van der Waals surface area (Å²) in [4.78, 5) is 56.8. The van der Waals surface area contributed by atoms with Crippen LogP contribution in [0.2, 0.25) is 0 Å². The van der Waals surface area contributed by atoms with Crippen molar-refractivity contribution in [2.75, 3.05) is 32.9 Å². The number of amides is 1. The Morgan fingerprint density at radius 1 is 0.846 bits per heavy atom. The lowest BCUT2D eigenvalue weighted by Gasteiger charge is -2.70. The summed E-state index contributed by atoms with van der Waals surface area (Å²) >= 11 is 0. The Kier molecular flexibility index (Phi) is 9.40. The van der Waals surface area contributed by atoms with Gasteiger partial charge in [-0.1, -0.05) is 77.4 Å². The molecular weight excluding hydrogens is 654 g/mol. The lowest BCUT2D eigenvalue weighted by atomic mass is 9.33. The van der Waals surface area contributed by atoms with Gasteiger partial charge < -0.3 is 19.1 Å². The van der Waals surface area contributed by atoms with Gasteiger partial charge >= 0.3 is 11.9 Å². The molecule has 1 aromatic carbocycles. The van der Waals surface area contributed by atoms with Crippen LogP contribution in [0.4, 0.5) is 0 Å². The van der Waals surface area contributed by atoms with Gasteiger partial charge in [-0.05, 0) is 115 Å². The highest BCUT2D eigenvalue weighted by atomic mass is 16.5. The Morgan fingerprint density at radius 2 is 1.54 bits per heavy atom. The number of hydrogen-bond acceptors (Lipinski definition) is 7. The van der Waals surface area contributed by atoms with E-state index in [1.54, 1.807) is 4.90 Å². The number of carbonyl (C=O) groups excluding carboxylic acids is 4. The van der Waals surface area contributed by atoms with Gasteiger partial charge in [0, 0.05) is 19.0 Å². The van der Waals surface area contributed by atoms with E-state index in [-0.39, 0.29) is 82.2 Å². The Labute approximate surface area is 310 Å². The molecule has 0 bridgehead atoms. The van der Waals surface area contributed by atoms with E-state index < -0.39 is 10.8 Å². The van der Waals surface area contributed by atoms with Crippen molar-refractivity contribution in [2.45, 2.75) is 113 Å². The van der Waals surface area contributed by atoms with Gasteiger partial charge in [-0.2, -0.15) is 0 Å². The maximum Gasteiger partial charge on any atom is 0.312 e. The number of allylic oxidation sites excluding steroid dienone is 2. The number of ether oxygens (including phenoxy) is 3. The Bertz CT molecular complexity index is 1630. The minimum atomic E-state index is -0.605. The van der Waals surface area contributed by atoms with E-state index in [2.05, 4.69) is 48.5 Å². The number of rotatable bonds is 6. The number of carbonyl (C=O) groups is 4. The molecule has 0 aromatic heterocycles. The molecule has 8 heteroatoms. The number of hydrogen-bond donors (Lipinski definition) is 0. The van der Waals surface area contributed by atoms with Crippen LogP contribution in [-0.2, 0) is 40.0 Å². The number of fused-ring (bicyclic) bond motifs is 7. The van der Waals surface area contributed by atoms with E-state index in [9.17, 15) is 19.2 Å². The quantitative estimate of drug-likeness (QED) is 0.278. The first kappa shape index (κ1) is 37.3. The largest absolute Gasteiger partial charge is 0.460 e. The van der Waals surface area contributed by atoms with E-state index in [0.717, 1.165) is 50.5 Å². The number of esters is 2. The molecule has 0 radical (unpaired) electrons. The molecule has 1 aromatic rings. The smallest absolute Gasteiger partial charge is 0.312 e. The maximum absolute atomic E-state index is 14.9. The predicted octanol–water partition coefficient (Wildman–Crippen LogP) is 7.73. The molecule has 7 rings (SSSR count). The number of morpholine rings is 1. The molecule has 284 valence electrons. The first-order valence-electron chi connectivity index (χ1n) is 20.0. The lowest BCUT2D eigenvalue weighted by Crippen LogP contribution is -2.66. The van der Waals surface area contributed by atoms with Gasteiger partial charge in [0.1, 0.15) is 6.61 Å². The molecule has 52 heavy (non-hydrogen) atoms. The summed E-state index contributed by atoms with van der Waals surface area (Å²) in [5.41, 5.74) is 0.617. The first-order chi connectivity index (χ1) is 24.5. The van der Waals surface area contributed by atoms with Crippen molar-refractivity contribution in [1.82, 2.24) is 4.90 Å². The first-order valence-corrected chi connectivity index (χ1v) is 20.0. The minimum absolute atomic E-state index is 0.0404. The summed E-state index contributed by atoms with van der Waals surface area (Å²) in [6.07, 6.45) is 9.89. The van der Waals surface area contributed by atoms with Gasteiger partial charge in [0.25, 0.3) is 5.91 Å². The van der Waals surface area contributed by atoms with Crippen LogP contribution in [-0.4, -0.2) is 61.4 Å². The van der Waals surface area contributed by atoms with Gasteiger partial charge in [-0.25, -0.2) is 0 Å². The van der Waals surface area contributed by atoms with Crippen molar-refractivity contribution in [2.24, 2.45) is 56.2 Å². The predicted molar refractivity (Wildman–Crippen MR) is 198 cm³/mol. The van der Waals surface area contributed by atoms with Crippen LogP contribution in [0.15, 0.2) is 42.0 Å². The molecule has 0 spiro atoms. The lowest BCUT2D eigenvalue weighted by molar-refractivity contribution is -0.200. The van der Waals surface area contributed by atoms with E-state index in [1.165, 1.54) is 5.57 Å². The van der Waals surface area contributed by atoms with Gasteiger partial charge in [0.05, 0.1) is 24.5 Å². The van der Waals surface area contributed by atoms with E-state index in [0.29, 0.717) is 39.1 Å². The molecule has 6 aliphatic rings. The summed E-state index contributed by atoms with van der Waals surface area (Å²) in [5.74, 6) is -0.534. The SMILES string of the molecule is CC1(C)[C@@H](C(=O)OCC(=O)N2CCOCC2)CC[C@]2(C)[C@H]3C(=O)C=C4[C@@H]5C[C@@](C)(C(=O)OCc6ccccc6)CC[C@]5(C)CC[C@@]4(C)[C@]3(C)CC[C@@H]12. The van der Waals surface area contributed by atoms with Crippen molar-refractivity contribution in [3.63, 3.8) is 0 Å². The van der Waals surface area contributed by atoms with E-state index >= 15 is 0 Å². The average molecular weight is 716 g/mol. The zero-order valence-corrected chi connectivity index (χ0v) is 32.7. The molecular formula is C44H61NO7. The molecule has 0 N–H and O–H groups in total. The van der Waals surface area contributed by atoms with Crippen molar-refractivity contribution in [3.05, 3.63) is 47.5 Å². The van der Waals surface area contributed by atoms with E-state index in [4.69, 9.17) is 14.2 Å². The summed E-state index contributed by atoms with van der Waals surface area (Å²) in [6, 6.07) is 9.87. The third-order valence-electron chi connectivity index (χ3n) is 16.3. The molecule has 0 unspecified atom stereocenters. The third-order valence-corrected chi connectivity index (χ3v) is 16.3. The highest BCUT2D eigenvalue weighted by Gasteiger charge is 2.70. The summed E-state index contributed by atoms with van der Waals surface area (Å²) in [7, 11) is 0. The Balaban J connectivity index is 1.12. The average Bonchev–Trinajstić information content (AvgIpc) is 3.11. The van der Waals surface area contributed by atoms with Crippen molar-refractivity contribution < 1.29 is 33.4 Å². The second-order valence-electron chi connectivity index (χ2n) is 19.3. The fourth-order valence-corrected chi connectivity index (χ4v) is 12.8.